The number of methoxy groups -OCH3 is 2. The van der Waals surface area contributed by atoms with Crippen LogP contribution in [-0.4, -0.2) is 48.5 Å². The van der Waals surface area contributed by atoms with Gasteiger partial charge in [-0.25, -0.2) is 4.79 Å². The molecule has 1 N–H and O–H groups in total. The third kappa shape index (κ3) is 9.78. The molecular weight excluding hydrogens is 479 g/mol. The van der Waals surface area contributed by atoms with E-state index >= 15 is 0 Å². The van der Waals surface area contributed by atoms with Crippen molar-refractivity contribution in [1.82, 2.24) is 9.97 Å². The van der Waals surface area contributed by atoms with Crippen molar-refractivity contribution < 1.29 is 43.0 Å². The van der Waals surface area contributed by atoms with Gasteiger partial charge in [-0.15, -0.1) is 22.7 Å². The zero-order valence-electron chi connectivity index (χ0n) is 20.8. The van der Waals surface area contributed by atoms with Gasteiger partial charge in [0.05, 0.1) is 34.7 Å². The minimum atomic E-state index is -0.935. The van der Waals surface area contributed by atoms with Crippen molar-refractivity contribution in [2.45, 2.75) is 32.6 Å². The minimum Gasteiger partial charge on any atom is -0.495 e. The summed E-state index contributed by atoms with van der Waals surface area (Å²) in [5, 5.41) is 10.8. The van der Waals surface area contributed by atoms with Crippen LogP contribution in [0.3, 0.4) is 0 Å². The van der Waals surface area contributed by atoms with Gasteiger partial charge in [-0.05, 0) is 42.5 Å². The van der Waals surface area contributed by atoms with E-state index in [1.807, 2.05) is 17.5 Å². The monoisotopic (exact) mass is 510 g/mol. The van der Waals surface area contributed by atoms with E-state index in [1.165, 1.54) is 30.6 Å². The summed E-state index contributed by atoms with van der Waals surface area (Å²) in [6.07, 6.45) is 8.19. The molecule has 7 nitrogen and oxygen atoms in total. The third-order valence-electron chi connectivity index (χ3n) is 4.52. The summed E-state index contributed by atoms with van der Waals surface area (Å²) < 4.78 is 17.1. The smallest absolute Gasteiger partial charge is 0.495 e. The Morgan fingerprint density at radius 1 is 1.06 bits per heavy atom. The molecule has 10 heteroatoms. The van der Waals surface area contributed by atoms with E-state index in [-0.39, 0.29) is 23.7 Å². The van der Waals surface area contributed by atoms with Crippen molar-refractivity contribution in [3.63, 3.8) is 0 Å². The molecule has 0 radical (unpaired) electrons. The van der Waals surface area contributed by atoms with E-state index in [1.54, 1.807) is 50.1 Å². The van der Waals surface area contributed by atoms with Crippen LogP contribution >= 0.6 is 22.7 Å². The molecule has 4 aromatic heterocycles. The summed E-state index contributed by atoms with van der Waals surface area (Å²) in [7, 11) is 3.23. The Balaban J connectivity index is 0.000000259. The largest absolute Gasteiger partial charge is 1.00 e. The Labute approximate surface area is 226 Å². The fourth-order valence-electron chi connectivity index (χ4n) is 2.70. The number of rotatable bonds is 4. The number of carboxylic acid groups (broad SMARTS) is 1. The number of fused-ring (bicyclic) bond motifs is 2. The zero-order valence-corrected chi connectivity index (χ0v) is 22.4. The maximum atomic E-state index is 10.7. The second kappa shape index (κ2) is 17.3. The van der Waals surface area contributed by atoms with Crippen molar-refractivity contribution in [2.24, 2.45) is 0 Å². The van der Waals surface area contributed by atoms with Crippen LogP contribution in [0.25, 0.3) is 20.4 Å². The summed E-state index contributed by atoms with van der Waals surface area (Å²) in [6.45, 7) is 7.72. The molecule has 5 rings (SSSR count). The van der Waals surface area contributed by atoms with Crippen LogP contribution in [0.2, 0.25) is 0 Å². The van der Waals surface area contributed by atoms with Crippen LogP contribution < -0.4 is 28.3 Å². The first-order chi connectivity index (χ1) is 16.5. The fourth-order valence-corrected chi connectivity index (χ4v) is 4.49. The van der Waals surface area contributed by atoms with E-state index in [4.69, 9.17) is 19.3 Å². The zero-order chi connectivity index (χ0) is 24.8. The predicted octanol–water partition coefficient (Wildman–Crippen LogP) is 3.73. The van der Waals surface area contributed by atoms with Crippen molar-refractivity contribution in [2.75, 3.05) is 27.4 Å². The van der Waals surface area contributed by atoms with Gasteiger partial charge in [-0.1, -0.05) is 13.3 Å². The molecule has 1 fully saturated rings. The number of hydrogen-bond acceptors (Lipinski definition) is 8. The molecule has 5 heterocycles. The Morgan fingerprint density at radius 3 is 2.11 bits per heavy atom. The van der Waals surface area contributed by atoms with Gasteiger partial charge in [0.2, 0.25) is 0 Å². The Morgan fingerprint density at radius 2 is 1.63 bits per heavy atom. The third-order valence-corrected chi connectivity index (χ3v) is 6.56. The maximum Gasteiger partial charge on any atom is 1.00 e. The van der Waals surface area contributed by atoms with E-state index < -0.39 is 5.97 Å². The molecule has 4 aromatic rings. The molecule has 35 heavy (non-hydrogen) atoms. The summed E-state index contributed by atoms with van der Waals surface area (Å²) in [6, 6.07) is 7.12. The van der Waals surface area contributed by atoms with Crippen LogP contribution in [0.4, 0.5) is 0 Å². The van der Waals surface area contributed by atoms with Crippen LogP contribution in [0, 0.1) is 6.92 Å². The van der Waals surface area contributed by atoms with Crippen LogP contribution in [0.15, 0.2) is 42.0 Å². The second-order valence-electron chi connectivity index (χ2n) is 6.96. The summed E-state index contributed by atoms with van der Waals surface area (Å²) in [5.41, 5.74) is 1.67. The van der Waals surface area contributed by atoms with Gasteiger partial charge < -0.3 is 26.2 Å². The topological polar surface area (TPSA) is 90.8 Å². The van der Waals surface area contributed by atoms with Crippen molar-refractivity contribution in [1.29, 1.82) is 0 Å². The first-order valence-corrected chi connectivity index (χ1v) is 12.6. The van der Waals surface area contributed by atoms with Crippen LogP contribution in [-0.2, 0) is 4.74 Å². The van der Waals surface area contributed by atoms with Crippen molar-refractivity contribution in [3.05, 3.63) is 53.8 Å². The molecule has 0 spiro atoms. The van der Waals surface area contributed by atoms with Crippen LogP contribution in [0.1, 0.15) is 42.3 Å². The molecule has 1 aliphatic heterocycles. The molecule has 0 unspecified atom stereocenters. The first kappa shape index (κ1) is 30.9. The molecule has 0 amide bonds. The number of carboxylic acids is 1. The quantitative estimate of drug-likeness (QED) is 0.330. The van der Waals surface area contributed by atoms with E-state index in [0.717, 1.165) is 40.3 Å². The minimum absolute atomic E-state index is 0. The second-order valence-corrected chi connectivity index (χ2v) is 8.93. The number of unbranched alkanes of at least 4 members (excludes halogenated alkanes) is 1. The number of hydrogen-bond donors (Lipinski definition) is 1. The number of aromatic carboxylic acids is 1. The fraction of sp³-hybridized carbons (Fsp3) is 0.360. The molecule has 0 aliphatic carbocycles. The van der Waals surface area contributed by atoms with Crippen molar-refractivity contribution >= 4 is 49.1 Å². The van der Waals surface area contributed by atoms with Gasteiger partial charge >= 0.3 is 24.8 Å². The van der Waals surface area contributed by atoms with Gasteiger partial charge in [-0.3, -0.25) is 9.97 Å². The predicted molar refractivity (Wildman–Crippen MR) is 140 cm³/mol. The average Bonchev–Trinajstić information content (AvgIpc) is 3.65. The molecule has 1 saturated heterocycles. The van der Waals surface area contributed by atoms with Crippen LogP contribution in [0.5, 0.6) is 11.5 Å². The van der Waals surface area contributed by atoms with Gasteiger partial charge in [0.15, 0.2) is 0 Å². The van der Waals surface area contributed by atoms with Crippen molar-refractivity contribution in [3.8, 4) is 11.5 Å². The van der Waals surface area contributed by atoms with E-state index in [2.05, 4.69) is 23.8 Å². The van der Waals surface area contributed by atoms with Gasteiger partial charge in [0.1, 0.15) is 16.4 Å². The van der Waals surface area contributed by atoms with Gasteiger partial charge in [-0.2, -0.15) is 6.42 Å². The number of thiophene rings is 2. The van der Waals surface area contributed by atoms with Gasteiger partial charge in [0.25, 0.3) is 0 Å². The SMILES string of the molecule is C1CCOC1.COc1ccnc2cc(C(=O)O)sc12.COc1ccnc2ccsc12.[CH2-]CCC.[Li+]. The maximum absolute atomic E-state index is 10.7. The van der Waals surface area contributed by atoms with E-state index in [9.17, 15) is 4.79 Å². The summed E-state index contributed by atoms with van der Waals surface area (Å²) >= 11 is 2.82. The molecular formula is C25H31LiN2O5S2. The number of carbonyl (C=O) groups is 1. The number of aromatic nitrogens is 2. The molecule has 0 atom stereocenters. The van der Waals surface area contributed by atoms with E-state index in [0.29, 0.717) is 11.3 Å². The summed E-state index contributed by atoms with van der Waals surface area (Å²) in [5.74, 6) is 0.632. The number of nitrogens with zero attached hydrogens (tertiary/aromatic N) is 2. The Kier molecular flexibility index (Phi) is 15.3. The molecule has 184 valence electrons. The number of pyridine rings is 2. The first-order valence-electron chi connectivity index (χ1n) is 10.9. The molecule has 1 aliphatic rings. The normalized spacial score (nSPS) is 11.7. The Hall–Kier alpha value is -2.15. The number of ether oxygens (including phenoxy) is 3. The molecule has 0 saturated carbocycles. The Bertz CT molecular complexity index is 1140. The average molecular weight is 511 g/mol. The van der Waals surface area contributed by atoms with Gasteiger partial charge in [0, 0.05) is 25.6 Å². The standard InChI is InChI=1S/C9H7NO3S.C8H7NOS.C4H8O.C4H9.Li/c1-13-6-2-3-10-5-4-7(9(11)12)14-8(5)6;1-10-7-2-4-9-6-3-5-11-8(6)7;1-2-4-5-3-1;1-3-4-2;/h2-4H,1H3,(H,11,12);2-5H,1H3;1-4H2;1,3-4H2,2H3;/q;;;-1;+1. The molecule has 0 aromatic carbocycles. The molecule has 0 bridgehead atoms. The summed E-state index contributed by atoms with van der Waals surface area (Å²) in [4.78, 5) is 19.2.